The molecule has 3 aromatic rings. The van der Waals surface area contributed by atoms with E-state index in [1.165, 1.54) is 12.1 Å². The smallest absolute Gasteiger partial charge is 0.127 e. The molecular formula is C13H9BrFN3. The van der Waals surface area contributed by atoms with E-state index in [2.05, 4.69) is 26.2 Å². The van der Waals surface area contributed by atoms with Crippen molar-refractivity contribution < 1.29 is 4.39 Å². The fourth-order valence-electron chi connectivity index (χ4n) is 1.87. The van der Waals surface area contributed by atoms with Crippen molar-refractivity contribution in [2.24, 2.45) is 0 Å². The Bertz CT molecular complexity index is 694. The fraction of sp³-hybridized carbons (Fsp3) is 0.0769. The van der Waals surface area contributed by atoms with E-state index >= 15 is 0 Å². The molecule has 0 fully saturated rings. The summed E-state index contributed by atoms with van der Waals surface area (Å²) in [5.41, 5.74) is 2.46. The van der Waals surface area contributed by atoms with Crippen molar-refractivity contribution in [3.8, 4) is 0 Å². The summed E-state index contributed by atoms with van der Waals surface area (Å²) in [6.07, 6.45) is 0. The highest BCUT2D eigenvalue weighted by Crippen LogP contribution is 2.23. The van der Waals surface area contributed by atoms with Crippen LogP contribution in [-0.2, 0) is 6.54 Å². The molecule has 2 aromatic carbocycles. The third-order valence-corrected chi connectivity index (χ3v) is 3.32. The second-order valence-corrected chi connectivity index (χ2v) is 4.84. The van der Waals surface area contributed by atoms with Gasteiger partial charge in [-0.05, 0) is 27.6 Å². The highest BCUT2D eigenvalue weighted by molar-refractivity contribution is 9.10. The lowest BCUT2D eigenvalue weighted by molar-refractivity contribution is 0.625. The van der Waals surface area contributed by atoms with E-state index in [1.54, 1.807) is 4.68 Å². The average Bonchev–Trinajstić information content (AvgIpc) is 2.74. The summed E-state index contributed by atoms with van der Waals surface area (Å²) in [7, 11) is 0. The summed E-state index contributed by atoms with van der Waals surface area (Å²) in [6.45, 7) is 0.577. The van der Waals surface area contributed by atoms with Gasteiger partial charge in [-0.25, -0.2) is 9.07 Å². The summed E-state index contributed by atoms with van der Waals surface area (Å²) in [6, 6.07) is 12.7. The van der Waals surface area contributed by atoms with E-state index in [0.717, 1.165) is 5.56 Å². The molecule has 0 N–H and O–H groups in total. The number of benzene rings is 2. The summed E-state index contributed by atoms with van der Waals surface area (Å²) in [5.74, 6) is -0.300. The zero-order valence-electron chi connectivity index (χ0n) is 9.35. The van der Waals surface area contributed by atoms with Crippen LogP contribution in [0.1, 0.15) is 5.56 Å². The molecule has 0 saturated heterocycles. The average molecular weight is 306 g/mol. The number of hydrogen-bond acceptors (Lipinski definition) is 2. The maximum atomic E-state index is 13.4. The van der Waals surface area contributed by atoms with Crippen molar-refractivity contribution >= 4 is 27.0 Å². The topological polar surface area (TPSA) is 30.7 Å². The molecule has 0 saturated carbocycles. The third kappa shape index (κ3) is 2.01. The van der Waals surface area contributed by atoms with E-state index in [0.29, 0.717) is 22.1 Å². The third-order valence-electron chi connectivity index (χ3n) is 2.71. The number of hydrogen-bond donors (Lipinski definition) is 0. The molecule has 18 heavy (non-hydrogen) atoms. The summed E-state index contributed by atoms with van der Waals surface area (Å²) >= 11 is 3.29. The van der Waals surface area contributed by atoms with Crippen molar-refractivity contribution in [1.82, 2.24) is 15.0 Å². The highest BCUT2D eigenvalue weighted by atomic mass is 79.9. The van der Waals surface area contributed by atoms with Gasteiger partial charge in [-0.15, -0.1) is 5.10 Å². The molecule has 0 atom stereocenters. The number of rotatable bonds is 2. The Balaban J connectivity index is 2.08. The number of aromatic nitrogens is 3. The SMILES string of the molecule is Fc1cc(Br)c2nnn(Cc3ccccc3)c2c1. The lowest BCUT2D eigenvalue weighted by atomic mass is 10.2. The van der Waals surface area contributed by atoms with Crippen molar-refractivity contribution in [3.05, 3.63) is 58.3 Å². The second kappa shape index (κ2) is 4.49. The van der Waals surface area contributed by atoms with Gasteiger partial charge >= 0.3 is 0 Å². The molecule has 3 nitrogen and oxygen atoms in total. The number of fused-ring (bicyclic) bond motifs is 1. The maximum absolute atomic E-state index is 13.4. The van der Waals surface area contributed by atoms with Crippen LogP contribution in [0.4, 0.5) is 4.39 Å². The van der Waals surface area contributed by atoms with Crippen LogP contribution in [-0.4, -0.2) is 15.0 Å². The van der Waals surface area contributed by atoms with Gasteiger partial charge in [0.05, 0.1) is 16.5 Å². The monoisotopic (exact) mass is 305 g/mol. The molecule has 0 unspecified atom stereocenters. The minimum atomic E-state index is -0.300. The molecule has 0 spiro atoms. The quantitative estimate of drug-likeness (QED) is 0.726. The molecule has 0 aliphatic rings. The molecule has 1 aromatic heterocycles. The zero-order valence-corrected chi connectivity index (χ0v) is 10.9. The Morgan fingerprint density at radius 3 is 2.72 bits per heavy atom. The number of nitrogens with zero attached hydrogens (tertiary/aromatic N) is 3. The Labute approximate surface area is 111 Å². The highest BCUT2D eigenvalue weighted by Gasteiger charge is 2.10. The van der Waals surface area contributed by atoms with E-state index in [9.17, 15) is 4.39 Å². The first kappa shape index (κ1) is 11.3. The first-order valence-corrected chi connectivity index (χ1v) is 6.25. The van der Waals surface area contributed by atoms with Crippen LogP contribution >= 0.6 is 15.9 Å². The molecule has 0 amide bonds. The molecular weight excluding hydrogens is 297 g/mol. The van der Waals surface area contributed by atoms with Crippen LogP contribution in [0.15, 0.2) is 46.9 Å². The van der Waals surface area contributed by atoms with Gasteiger partial charge in [0.25, 0.3) is 0 Å². The molecule has 1 heterocycles. The standard InChI is InChI=1S/C13H9BrFN3/c14-11-6-10(15)7-12-13(11)16-17-18(12)8-9-4-2-1-3-5-9/h1-7H,8H2. The van der Waals surface area contributed by atoms with Gasteiger partial charge < -0.3 is 0 Å². The van der Waals surface area contributed by atoms with E-state index < -0.39 is 0 Å². The Morgan fingerprint density at radius 1 is 1.17 bits per heavy atom. The van der Waals surface area contributed by atoms with Crippen molar-refractivity contribution in [2.75, 3.05) is 0 Å². The Morgan fingerprint density at radius 2 is 1.94 bits per heavy atom. The van der Waals surface area contributed by atoms with Crippen LogP contribution in [0, 0.1) is 5.82 Å². The van der Waals surface area contributed by atoms with Gasteiger partial charge in [0.15, 0.2) is 0 Å². The Hall–Kier alpha value is -1.75. The largest absolute Gasteiger partial charge is 0.240 e. The molecule has 3 rings (SSSR count). The first-order chi connectivity index (χ1) is 8.74. The molecule has 0 aliphatic carbocycles. The van der Waals surface area contributed by atoms with Crippen LogP contribution in [0.3, 0.4) is 0 Å². The molecule has 0 aliphatic heterocycles. The zero-order chi connectivity index (χ0) is 12.5. The Kier molecular flexibility index (Phi) is 2.83. The van der Waals surface area contributed by atoms with Crippen molar-refractivity contribution in [1.29, 1.82) is 0 Å². The predicted octanol–water partition coefficient (Wildman–Crippen LogP) is 3.38. The number of halogens is 2. The molecule has 0 bridgehead atoms. The second-order valence-electron chi connectivity index (χ2n) is 3.99. The minimum Gasteiger partial charge on any atom is -0.240 e. The predicted molar refractivity (Wildman–Crippen MR) is 70.7 cm³/mol. The van der Waals surface area contributed by atoms with E-state index in [-0.39, 0.29) is 5.82 Å². The summed E-state index contributed by atoms with van der Waals surface area (Å²) < 4.78 is 15.7. The van der Waals surface area contributed by atoms with Crippen LogP contribution in [0.2, 0.25) is 0 Å². The van der Waals surface area contributed by atoms with Crippen LogP contribution in [0.5, 0.6) is 0 Å². The van der Waals surface area contributed by atoms with Crippen LogP contribution in [0.25, 0.3) is 11.0 Å². The molecule has 5 heteroatoms. The van der Waals surface area contributed by atoms with Gasteiger partial charge in [0.1, 0.15) is 11.3 Å². The van der Waals surface area contributed by atoms with E-state index in [4.69, 9.17) is 0 Å². The minimum absolute atomic E-state index is 0.300. The summed E-state index contributed by atoms with van der Waals surface area (Å²) in [4.78, 5) is 0. The first-order valence-electron chi connectivity index (χ1n) is 5.46. The molecule has 90 valence electrons. The molecule has 0 radical (unpaired) electrons. The van der Waals surface area contributed by atoms with Gasteiger partial charge in [0, 0.05) is 6.07 Å². The van der Waals surface area contributed by atoms with Crippen molar-refractivity contribution in [2.45, 2.75) is 6.54 Å². The van der Waals surface area contributed by atoms with E-state index in [1.807, 2.05) is 30.3 Å². The lowest BCUT2D eigenvalue weighted by Gasteiger charge is -2.02. The normalized spacial score (nSPS) is 11.0. The lowest BCUT2D eigenvalue weighted by Crippen LogP contribution is -2.01. The summed E-state index contributed by atoms with van der Waals surface area (Å²) in [5, 5.41) is 8.12. The fourth-order valence-corrected chi connectivity index (χ4v) is 2.37. The van der Waals surface area contributed by atoms with Crippen LogP contribution < -0.4 is 0 Å². The van der Waals surface area contributed by atoms with Gasteiger partial charge in [0.2, 0.25) is 0 Å². The van der Waals surface area contributed by atoms with Gasteiger partial charge in [-0.1, -0.05) is 35.5 Å². The van der Waals surface area contributed by atoms with Gasteiger partial charge in [-0.3, -0.25) is 0 Å². The maximum Gasteiger partial charge on any atom is 0.127 e. The van der Waals surface area contributed by atoms with Crippen molar-refractivity contribution in [3.63, 3.8) is 0 Å². The van der Waals surface area contributed by atoms with Gasteiger partial charge in [-0.2, -0.15) is 0 Å².